The maximum Gasteiger partial charge on any atom is 0.319 e. The molecule has 4 rings (SSSR count). The summed E-state index contributed by atoms with van der Waals surface area (Å²) in [5.74, 6) is 0.553. The maximum absolute atomic E-state index is 13.8. The molecule has 1 aliphatic rings. The zero-order valence-corrected chi connectivity index (χ0v) is 13.3. The summed E-state index contributed by atoms with van der Waals surface area (Å²) in [6.07, 6.45) is 6.14. The molecule has 9 heteroatoms. The minimum Gasteiger partial charge on any atom is -0.333 e. The monoisotopic (exact) mass is 341 g/mol. The summed E-state index contributed by atoms with van der Waals surface area (Å²) >= 11 is 0. The van der Waals surface area contributed by atoms with Gasteiger partial charge in [-0.25, -0.2) is 23.5 Å². The van der Waals surface area contributed by atoms with Gasteiger partial charge >= 0.3 is 6.03 Å². The Morgan fingerprint density at radius 1 is 1.28 bits per heavy atom. The highest BCUT2D eigenvalue weighted by Gasteiger charge is 2.21. The first-order valence-corrected chi connectivity index (χ1v) is 7.93. The lowest BCUT2D eigenvalue weighted by Gasteiger charge is -2.23. The van der Waals surface area contributed by atoms with Gasteiger partial charge < -0.3 is 10.6 Å². The zero-order chi connectivity index (χ0) is 17.2. The molecular weight excluding hydrogens is 325 g/mol. The molecule has 2 N–H and O–H groups in total. The molecule has 0 aliphatic carbocycles. The van der Waals surface area contributed by atoms with Crippen molar-refractivity contribution in [3.05, 3.63) is 54.6 Å². The fraction of sp³-hybridized carbons (Fsp3) is 0.250. The van der Waals surface area contributed by atoms with Crippen LogP contribution in [0.3, 0.4) is 0 Å². The summed E-state index contributed by atoms with van der Waals surface area (Å²) in [6, 6.07) is 5.96. The molecule has 1 aromatic carbocycles. The molecular formula is C16H16FN7O. The first-order chi connectivity index (χ1) is 12.2. The van der Waals surface area contributed by atoms with Gasteiger partial charge in [0.1, 0.15) is 23.7 Å². The molecule has 0 saturated heterocycles. The van der Waals surface area contributed by atoms with Crippen molar-refractivity contribution in [1.29, 1.82) is 0 Å². The van der Waals surface area contributed by atoms with Gasteiger partial charge in [0.2, 0.25) is 0 Å². The first-order valence-electron chi connectivity index (χ1n) is 7.93. The highest BCUT2D eigenvalue weighted by atomic mass is 19.1. The van der Waals surface area contributed by atoms with Crippen LogP contribution in [0.25, 0.3) is 5.69 Å². The van der Waals surface area contributed by atoms with E-state index in [4.69, 9.17) is 0 Å². The molecule has 0 unspecified atom stereocenters. The molecule has 0 radical (unpaired) electrons. The van der Waals surface area contributed by atoms with Crippen LogP contribution in [-0.4, -0.2) is 36.6 Å². The van der Waals surface area contributed by atoms with Gasteiger partial charge in [0, 0.05) is 6.42 Å². The number of nitrogens with one attached hydrogen (secondary N) is 2. The van der Waals surface area contributed by atoms with Crippen LogP contribution in [0.4, 0.5) is 14.9 Å². The normalized spacial score (nSPS) is 16.3. The number of halogens is 1. The van der Waals surface area contributed by atoms with E-state index in [1.165, 1.54) is 23.3 Å². The van der Waals surface area contributed by atoms with Crippen molar-refractivity contribution >= 4 is 11.7 Å². The quantitative estimate of drug-likeness (QED) is 0.759. The Labute approximate surface area is 142 Å². The lowest BCUT2D eigenvalue weighted by atomic mass is 10.1. The van der Waals surface area contributed by atoms with Crippen LogP contribution in [0.2, 0.25) is 0 Å². The lowest BCUT2D eigenvalue weighted by Crippen LogP contribution is -2.43. The largest absolute Gasteiger partial charge is 0.333 e. The number of aromatic nitrogens is 5. The summed E-state index contributed by atoms with van der Waals surface area (Å²) in [4.78, 5) is 16.3. The number of rotatable bonds is 3. The molecule has 0 saturated carbocycles. The van der Waals surface area contributed by atoms with E-state index in [1.54, 1.807) is 29.1 Å². The van der Waals surface area contributed by atoms with Crippen LogP contribution in [0.1, 0.15) is 12.2 Å². The van der Waals surface area contributed by atoms with Gasteiger partial charge in [0.15, 0.2) is 0 Å². The fourth-order valence-corrected chi connectivity index (χ4v) is 2.86. The standard InChI is InChI=1S/C16H16FN7O/c17-13-3-1-2-4-14(13)23-9-12(7-19-23)22-16(25)21-11-5-6-15-18-10-20-24(15)8-11/h1-4,7,9-11H,5-6,8H2,(H2,21,22,25)/t11-/m1/s1. The Kier molecular flexibility index (Phi) is 3.88. The number of hydrogen-bond acceptors (Lipinski definition) is 4. The molecule has 128 valence electrons. The molecule has 0 spiro atoms. The number of benzene rings is 1. The second-order valence-electron chi connectivity index (χ2n) is 5.82. The summed E-state index contributed by atoms with van der Waals surface area (Å²) in [6.45, 7) is 0.594. The molecule has 2 amide bonds. The number of urea groups is 1. The predicted molar refractivity (Wildman–Crippen MR) is 87.8 cm³/mol. The lowest BCUT2D eigenvalue weighted by molar-refractivity contribution is 0.243. The summed E-state index contributed by atoms with van der Waals surface area (Å²) in [5, 5.41) is 13.8. The van der Waals surface area contributed by atoms with E-state index in [9.17, 15) is 9.18 Å². The Hall–Kier alpha value is -3.23. The third kappa shape index (κ3) is 3.21. The Balaban J connectivity index is 1.38. The van der Waals surface area contributed by atoms with Crippen LogP contribution in [0.15, 0.2) is 43.0 Å². The minimum atomic E-state index is -0.382. The van der Waals surface area contributed by atoms with Gasteiger partial charge in [-0.15, -0.1) is 0 Å². The van der Waals surface area contributed by atoms with E-state index in [0.29, 0.717) is 17.9 Å². The van der Waals surface area contributed by atoms with Gasteiger partial charge in [-0.05, 0) is 18.6 Å². The van der Waals surface area contributed by atoms with Crippen molar-refractivity contribution in [1.82, 2.24) is 29.9 Å². The molecule has 2 aromatic heterocycles. The topological polar surface area (TPSA) is 89.7 Å². The van der Waals surface area contributed by atoms with Crippen molar-refractivity contribution in [3.8, 4) is 5.69 Å². The van der Waals surface area contributed by atoms with Crippen LogP contribution >= 0.6 is 0 Å². The number of amides is 2. The number of aryl methyl sites for hydroxylation is 1. The van der Waals surface area contributed by atoms with Crippen LogP contribution in [0, 0.1) is 5.82 Å². The van der Waals surface area contributed by atoms with Gasteiger partial charge in [0.05, 0.1) is 30.7 Å². The van der Waals surface area contributed by atoms with Crippen molar-refractivity contribution in [2.75, 3.05) is 5.32 Å². The Bertz CT molecular complexity index is 903. The second kappa shape index (κ2) is 6.34. The highest BCUT2D eigenvalue weighted by Crippen LogP contribution is 2.15. The number of anilines is 1. The number of carbonyl (C=O) groups is 1. The van der Waals surface area contributed by atoms with Gasteiger partial charge in [-0.1, -0.05) is 12.1 Å². The number of nitrogens with zero attached hydrogens (tertiary/aromatic N) is 5. The number of para-hydroxylation sites is 1. The number of fused-ring (bicyclic) bond motifs is 1. The molecule has 3 aromatic rings. The SMILES string of the molecule is O=C(Nc1cnn(-c2ccccc2F)c1)N[C@@H]1CCc2ncnn2C1. The molecule has 8 nitrogen and oxygen atoms in total. The van der Waals surface area contributed by atoms with Gasteiger partial charge in [0.25, 0.3) is 0 Å². The third-order valence-electron chi connectivity index (χ3n) is 4.08. The van der Waals surface area contributed by atoms with Crippen molar-refractivity contribution in [3.63, 3.8) is 0 Å². The van der Waals surface area contributed by atoms with Gasteiger partial charge in [-0.3, -0.25) is 0 Å². The number of carbonyl (C=O) groups excluding carboxylic acids is 1. The smallest absolute Gasteiger partial charge is 0.319 e. The van der Waals surface area contributed by atoms with Gasteiger partial charge in [-0.2, -0.15) is 10.2 Å². The van der Waals surface area contributed by atoms with Crippen LogP contribution < -0.4 is 10.6 Å². The average molecular weight is 341 g/mol. The molecule has 25 heavy (non-hydrogen) atoms. The average Bonchev–Trinajstić information content (AvgIpc) is 3.24. The van der Waals surface area contributed by atoms with E-state index in [0.717, 1.165) is 18.7 Å². The van der Waals surface area contributed by atoms with Crippen molar-refractivity contribution in [2.24, 2.45) is 0 Å². The first kappa shape index (κ1) is 15.3. The molecule has 0 fully saturated rings. The highest BCUT2D eigenvalue weighted by molar-refractivity contribution is 5.89. The zero-order valence-electron chi connectivity index (χ0n) is 13.3. The fourth-order valence-electron chi connectivity index (χ4n) is 2.86. The second-order valence-corrected chi connectivity index (χ2v) is 5.82. The van der Waals surface area contributed by atoms with Crippen molar-refractivity contribution < 1.29 is 9.18 Å². The van der Waals surface area contributed by atoms with Crippen LogP contribution in [0.5, 0.6) is 0 Å². The molecule has 1 atom stereocenters. The molecule has 0 bridgehead atoms. The van der Waals surface area contributed by atoms with E-state index in [2.05, 4.69) is 25.8 Å². The van der Waals surface area contributed by atoms with E-state index in [-0.39, 0.29) is 17.9 Å². The van der Waals surface area contributed by atoms with Crippen molar-refractivity contribution in [2.45, 2.75) is 25.4 Å². The maximum atomic E-state index is 13.8. The van der Waals surface area contributed by atoms with E-state index >= 15 is 0 Å². The summed E-state index contributed by atoms with van der Waals surface area (Å²) < 4.78 is 17.0. The predicted octanol–water partition coefficient (Wildman–Crippen LogP) is 1.74. The van der Waals surface area contributed by atoms with E-state index in [1.807, 2.05) is 0 Å². The molecule has 3 heterocycles. The summed E-state index contributed by atoms with van der Waals surface area (Å²) in [7, 11) is 0. The summed E-state index contributed by atoms with van der Waals surface area (Å²) in [5.41, 5.74) is 0.806. The third-order valence-corrected chi connectivity index (χ3v) is 4.08. The molecule has 1 aliphatic heterocycles. The Morgan fingerprint density at radius 3 is 3.04 bits per heavy atom. The minimum absolute atomic E-state index is 0.0178. The van der Waals surface area contributed by atoms with E-state index < -0.39 is 0 Å². The van der Waals surface area contributed by atoms with Crippen LogP contribution in [-0.2, 0) is 13.0 Å². The Morgan fingerprint density at radius 2 is 2.16 bits per heavy atom. The number of hydrogen-bond donors (Lipinski definition) is 2.